The van der Waals surface area contributed by atoms with Crippen molar-refractivity contribution < 1.29 is 19.2 Å². The summed E-state index contributed by atoms with van der Waals surface area (Å²) >= 11 is 0. The molecule has 1 aliphatic rings. The van der Waals surface area contributed by atoms with Gasteiger partial charge in [0.2, 0.25) is 0 Å². The van der Waals surface area contributed by atoms with E-state index in [1.165, 1.54) is 18.2 Å². The summed E-state index contributed by atoms with van der Waals surface area (Å²) in [6.07, 6.45) is 0. The number of amides is 4. The van der Waals surface area contributed by atoms with Crippen LogP contribution in [-0.4, -0.2) is 23.6 Å². The molecule has 0 aliphatic carbocycles. The molecular weight excluding hydrogens is 466 g/mol. The highest BCUT2D eigenvalue weighted by molar-refractivity contribution is 6.34. The molecule has 182 valence electrons. The second-order valence-corrected chi connectivity index (χ2v) is 8.79. The molecule has 0 aromatic heterocycles. The van der Waals surface area contributed by atoms with Crippen LogP contribution in [0.4, 0.5) is 17.1 Å². The lowest BCUT2D eigenvalue weighted by Crippen LogP contribution is -2.29. The first-order valence-corrected chi connectivity index (χ1v) is 11.7. The van der Waals surface area contributed by atoms with Gasteiger partial charge in [-0.05, 0) is 79.6 Å². The molecule has 1 aliphatic heterocycles. The third-order valence-corrected chi connectivity index (χ3v) is 6.32. The first-order valence-electron chi connectivity index (χ1n) is 11.7. The van der Waals surface area contributed by atoms with Gasteiger partial charge in [-0.15, -0.1) is 0 Å². The number of imide groups is 1. The zero-order chi connectivity index (χ0) is 26.1. The average Bonchev–Trinajstić information content (AvgIpc) is 3.16. The number of fused-ring (bicyclic) bond motifs is 1. The van der Waals surface area contributed by atoms with Crippen LogP contribution in [0.5, 0.6) is 0 Å². The predicted octanol–water partition coefficient (Wildman–Crippen LogP) is 5.61. The minimum Gasteiger partial charge on any atom is -0.322 e. The van der Waals surface area contributed by atoms with Gasteiger partial charge in [0.15, 0.2) is 0 Å². The molecule has 4 aromatic carbocycles. The minimum absolute atomic E-state index is 0.156. The van der Waals surface area contributed by atoms with Gasteiger partial charge >= 0.3 is 0 Å². The van der Waals surface area contributed by atoms with Gasteiger partial charge in [0.1, 0.15) is 0 Å². The molecule has 0 atom stereocenters. The fourth-order valence-corrected chi connectivity index (χ4v) is 4.19. The van der Waals surface area contributed by atoms with Gasteiger partial charge in [0.05, 0.1) is 16.8 Å². The van der Waals surface area contributed by atoms with Crippen molar-refractivity contribution in [2.75, 3.05) is 15.5 Å². The zero-order valence-corrected chi connectivity index (χ0v) is 20.2. The Balaban J connectivity index is 1.34. The molecule has 2 N–H and O–H groups in total. The van der Waals surface area contributed by atoms with E-state index in [1.807, 2.05) is 56.3 Å². The predicted molar refractivity (Wildman–Crippen MR) is 142 cm³/mol. The van der Waals surface area contributed by atoms with Crippen molar-refractivity contribution in [2.24, 2.45) is 0 Å². The number of rotatable bonds is 5. The summed E-state index contributed by atoms with van der Waals surface area (Å²) in [5.41, 5.74) is 4.60. The van der Waals surface area contributed by atoms with Crippen LogP contribution in [0.25, 0.3) is 0 Å². The molecule has 0 spiro atoms. The molecule has 5 rings (SSSR count). The Morgan fingerprint density at radius 1 is 0.595 bits per heavy atom. The van der Waals surface area contributed by atoms with Crippen LogP contribution in [0.15, 0.2) is 91.0 Å². The van der Waals surface area contributed by atoms with E-state index in [0.29, 0.717) is 22.6 Å². The number of carbonyl (C=O) groups excluding carboxylic acids is 4. The van der Waals surface area contributed by atoms with Gasteiger partial charge in [-0.3, -0.25) is 19.2 Å². The molecule has 0 unspecified atom stereocenters. The molecule has 0 bridgehead atoms. The van der Waals surface area contributed by atoms with Crippen molar-refractivity contribution in [1.82, 2.24) is 0 Å². The van der Waals surface area contributed by atoms with Crippen molar-refractivity contribution >= 4 is 40.7 Å². The van der Waals surface area contributed by atoms with Crippen LogP contribution in [0.3, 0.4) is 0 Å². The highest BCUT2D eigenvalue weighted by Gasteiger charge is 2.37. The fourth-order valence-electron chi connectivity index (χ4n) is 4.19. The Labute approximate surface area is 213 Å². The maximum Gasteiger partial charge on any atom is 0.266 e. The molecule has 1 heterocycles. The third kappa shape index (κ3) is 4.50. The van der Waals surface area contributed by atoms with E-state index < -0.39 is 11.8 Å². The van der Waals surface area contributed by atoms with Crippen LogP contribution in [-0.2, 0) is 0 Å². The number of hydrogen-bond donors (Lipinski definition) is 2. The van der Waals surface area contributed by atoms with Crippen molar-refractivity contribution in [2.45, 2.75) is 13.8 Å². The number of nitrogens with one attached hydrogen (secondary N) is 2. The number of aryl methyl sites for hydroxylation is 2. The number of carbonyl (C=O) groups is 4. The van der Waals surface area contributed by atoms with E-state index in [9.17, 15) is 19.2 Å². The SMILES string of the molecule is Cc1ccccc1NC(=O)c1ccc(N2C(=O)c3ccc(C(=O)Nc4ccccc4C)cc3C2=O)cc1. The summed E-state index contributed by atoms with van der Waals surface area (Å²) in [6.45, 7) is 3.79. The molecule has 7 nitrogen and oxygen atoms in total. The van der Waals surface area contributed by atoms with E-state index in [0.717, 1.165) is 16.0 Å². The topological polar surface area (TPSA) is 95.6 Å². The van der Waals surface area contributed by atoms with Crippen molar-refractivity contribution in [3.8, 4) is 0 Å². The fraction of sp³-hybridized carbons (Fsp3) is 0.0667. The highest BCUT2D eigenvalue weighted by Crippen LogP contribution is 2.30. The van der Waals surface area contributed by atoms with Crippen LogP contribution in [0, 0.1) is 13.8 Å². The quantitative estimate of drug-likeness (QED) is 0.356. The van der Waals surface area contributed by atoms with Crippen molar-refractivity contribution in [3.63, 3.8) is 0 Å². The molecule has 0 fully saturated rings. The normalized spacial score (nSPS) is 12.3. The Morgan fingerprint density at radius 2 is 1.08 bits per heavy atom. The lowest BCUT2D eigenvalue weighted by molar-refractivity contribution is 0.0924. The standard InChI is InChI=1S/C30H23N3O4/c1-18-7-3-5-9-25(18)31-27(34)20-11-14-22(15-12-20)33-29(36)23-16-13-21(17-24(23)30(33)37)28(35)32-26-10-6-4-8-19(26)2/h3-17H,1-2H3,(H,31,34)(H,32,35). The average molecular weight is 490 g/mol. The van der Waals surface area contributed by atoms with E-state index in [2.05, 4.69) is 10.6 Å². The maximum absolute atomic E-state index is 13.2. The van der Waals surface area contributed by atoms with E-state index in [-0.39, 0.29) is 28.5 Å². The summed E-state index contributed by atoms with van der Waals surface area (Å²) in [5, 5.41) is 5.70. The van der Waals surface area contributed by atoms with E-state index in [1.54, 1.807) is 30.3 Å². The van der Waals surface area contributed by atoms with Gasteiger partial charge in [-0.25, -0.2) is 4.90 Å². The summed E-state index contributed by atoms with van der Waals surface area (Å²) in [7, 11) is 0. The van der Waals surface area contributed by atoms with Gasteiger partial charge in [-0.1, -0.05) is 36.4 Å². The molecule has 37 heavy (non-hydrogen) atoms. The molecule has 0 saturated heterocycles. The van der Waals surface area contributed by atoms with Gasteiger partial charge in [-0.2, -0.15) is 0 Å². The molecule has 7 heteroatoms. The number of nitrogens with zero attached hydrogens (tertiary/aromatic N) is 1. The van der Waals surface area contributed by atoms with Gasteiger partial charge in [0, 0.05) is 22.5 Å². The van der Waals surface area contributed by atoms with Crippen molar-refractivity contribution in [1.29, 1.82) is 0 Å². The molecule has 0 saturated carbocycles. The largest absolute Gasteiger partial charge is 0.322 e. The number of anilines is 3. The Morgan fingerprint density at radius 3 is 1.65 bits per heavy atom. The first kappa shape index (κ1) is 23.7. The Kier molecular flexibility index (Phi) is 6.11. The van der Waals surface area contributed by atoms with Crippen LogP contribution in [0.1, 0.15) is 52.6 Å². The molecule has 0 radical (unpaired) electrons. The van der Waals surface area contributed by atoms with Crippen LogP contribution in [0.2, 0.25) is 0 Å². The number of hydrogen-bond acceptors (Lipinski definition) is 4. The van der Waals surface area contributed by atoms with Crippen LogP contribution >= 0.6 is 0 Å². The van der Waals surface area contributed by atoms with Crippen molar-refractivity contribution in [3.05, 3.63) is 124 Å². The summed E-state index contributed by atoms with van der Waals surface area (Å²) in [6, 6.07) is 25.5. The number of para-hydroxylation sites is 2. The third-order valence-electron chi connectivity index (χ3n) is 6.32. The lowest BCUT2D eigenvalue weighted by atomic mass is 10.0. The van der Waals surface area contributed by atoms with E-state index >= 15 is 0 Å². The molecule has 4 amide bonds. The minimum atomic E-state index is -0.525. The Hall–Kier alpha value is -5.04. The second-order valence-electron chi connectivity index (χ2n) is 8.79. The summed E-state index contributed by atoms with van der Waals surface area (Å²) < 4.78 is 0. The Bertz CT molecular complexity index is 1570. The first-order chi connectivity index (χ1) is 17.8. The monoisotopic (exact) mass is 489 g/mol. The number of benzene rings is 4. The van der Waals surface area contributed by atoms with Gasteiger partial charge in [0.25, 0.3) is 23.6 Å². The van der Waals surface area contributed by atoms with Crippen LogP contribution < -0.4 is 15.5 Å². The smallest absolute Gasteiger partial charge is 0.266 e. The van der Waals surface area contributed by atoms with E-state index in [4.69, 9.17) is 0 Å². The highest BCUT2D eigenvalue weighted by atomic mass is 16.2. The second kappa shape index (κ2) is 9.54. The summed E-state index contributed by atoms with van der Waals surface area (Å²) in [5.74, 6) is -1.68. The molecular formula is C30H23N3O4. The van der Waals surface area contributed by atoms with Gasteiger partial charge < -0.3 is 10.6 Å². The summed E-state index contributed by atoms with van der Waals surface area (Å²) in [4.78, 5) is 52.7. The lowest BCUT2D eigenvalue weighted by Gasteiger charge is -2.14. The zero-order valence-electron chi connectivity index (χ0n) is 20.2. The molecule has 4 aromatic rings. The maximum atomic E-state index is 13.2.